The second-order valence-electron chi connectivity index (χ2n) is 4.65. The SMILES string of the molecule is CCC(N)c1ccc2c(c1)N(CCCO)C(=O)CO2. The summed E-state index contributed by atoms with van der Waals surface area (Å²) in [5.41, 5.74) is 7.77. The van der Waals surface area contributed by atoms with E-state index < -0.39 is 0 Å². The van der Waals surface area contributed by atoms with Gasteiger partial charge in [0, 0.05) is 19.2 Å². The summed E-state index contributed by atoms with van der Waals surface area (Å²) in [5.74, 6) is 0.618. The van der Waals surface area contributed by atoms with E-state index in [4.69, 9.17) is 15.6 Å². The second-order valence-corrected chi connectivity index (χ2v) is 4.65. The lowest BCUT2D eigenvalue weighted by Gasteiger charge is -2.30. The number of hydrogen-bond acceptors (Lipinski definition) is 4. The lowest BCUT2D eigenvalue weighted by Crippen LogP contribution is -2.39. The maximum Gasteiger partial charge on any atom is 0.265 e. The van der Waals surface area contributed by atoms with Crippen LogP contribution in [0, 0.1) is 0 Å². The van der Waals surface area contributed by atoms with E-state index >= 15 is 0 Å². The van der Waals surface area contributed by atoms with Gasteiger partial charge in [-0.15, -0.1) is 0 Å². The Morgan fingerprint density at radius 3 is 3.00 bits per heavy atom. The van der Waals surface area contributed by atoms with E-state index in [1.807, 2.05) is 25.1 Å². The maximum absolute atomic E-state index is 11.9. The third kappa shape index (κ3) is 2.88. The molecule has 0 spiro atoms. The summed E-state index contributed by atoms with van der Waals surface area (Å²) < 4.78 is 5.42. The number of fused-ring (bicyclic) bond motifs is 1. The monoisotopic (exact) mass is 264 g/mol. The van der Waals surface area contributed by atoms with Crippen molar-refractivity contribution in [1.82, 2.24) is 0 Å². The minimum Gasteiger partial charge on any atom is -0.482 e. The van der Waals surface area contributed by atoms with Crippen LogP contribution in [0.1, 0.15) is 31.4 Å². The molecule has 0 aliphatic carbocycles. The van der Waals surface area contributed by atoms with Crippen LogP contribution in [-0.2, 0) is 4.79 Å². The highest BCUT2D eigenvalue weighted by atomic mass is 16.5. The van der Waals surface area contributed by atoms with Crippen molar-refractivity contribution in [1.29, 1.82) is 0 Å². The first-order chi connectivity index (χ1) is 9.17. The number of rotatable bonds is 5. The Labute approximate surface area is 113 Å². The van der Waals surface area contributed by atoms with Crippen molar-refractivity contribution in [2.45, 2.75) is 25.8 Å². The lowest BCUT2D eigenvalue weighted by molar-refractivity contribution is -0.121. The van der Waals surface area contributed by atoms with Gasteiger partial charge in [-0.2, -0.15) is 0 Å². The van der Waals surface area contributed by atoms with Crippen LogP contribution in [0.25, 0.3) is 0 Å². The van der Waals surface area contributed by atoms with Gasteiger partial charge in [0.1, 0.15) is 5.75 Å². The van der Waals surface area contributed by atoms with Gasteiger partial charge < -0.3 is 20.5 Å². The largest absolute Gasteiger partial charge is 0.482 e. The van der Waals surface area contributed by atoms with Crippen molar-refractivity contribution in [2.24, 2.45) is 5.73 Å². The zero-order chi connectivity index (χ0) is 13.8. The summed E-state index contributed by atoms with van der Waals surface area (Å²) in [6.07, 6.45) is 1.39. The van der Waals surface area contributed by atoms with E-state index in [9.17, 15) is 4.79 Å². The van der Waals surface area contributed by atoms with Crippen LogP contribution in [0.5, 0.6) is 5.75 Å². The van der Waals surface area contributed by atoms with Crippen LogP contribution in [-0.4, -0.2) is 30.8 Å². The van der Waals surface area contributed by atoms with Crippen molar-refractivity contribution >= 4 is 11.6 Å². The molecular weight excluding hydrogens is 244 g/mol. The quantitative estimate of drug-likeness (QED) is 0.838. The number of carbonyl (C=O) groups is 1. The Bertz CT molecular complexity index is 462. The van der Waals surface area contributed by atoms with E-state index in [1.165, 1.54) is 0 Å². The normalized spacial score (nSPS) is 15.9. The van der Waals surface area contributed by atoms with Gasteiger partial charge in [-0.1, -0.05) is 13.0 Å². The first-order valence-corrected chi connectivity index (χ1v) is 6.61. The Balaban J connectivity index is 2.32. The number of anilines is 1. The topological polar surface area (TPSA) is 75.8 Å². The fourth-order valence-corrected chi connectivity index (χ4v) is 2.16. The van der Waals surface area contributed by atoms with Crippen molar-refractivity contribution in [3.63, 3.8) is 0 Å². The molecule has 1 unspecified atom stereocenters. The fourth-order valence-electron chi connectivity index (χ4n) is 2.16. The molecule has 104 valence electrons. The van der Waals surface area contributed by atoms with E-state index in [0.717, 1.165) is 17.7 Å². The molecule has 2 rings (SSSR count). The molecule has 5 nitrogen and oxygen atoms in total. The van der Waals surface area contributed by atoms with Gasteiger partial charge in [0.2, 0.25) is 0 Å². The molecule has 0 saturated heterocycles. The summed E-state index contributed by atoms with van der Waals surface area (Å²) in [6, 6.07) is 5.67. The van der Waals surface area contributed by atoms with Crippen molar-refractivity contribution in [3.8, 4) is 5.75 Å². The minimum absolute atomic E-state index is 0.0398. The average molecular weight is 264 g/mol. The molecule has 1 aromatic rings. The van der Waals surface area contributed by atoms with Gasteiger partial charge in [0.25, 0.3) is 5.91 Å². The molecule has 5 heteroatoms. The smallest absolute Gasteiger partial charge is 0.265 e. The summed E-state index contributed by atoms with van der Waals surface area (Å²) in [6.45, 7) is 2.64. The summed E-state index contributed by atoms with van der Waals surface area (Å²) in [4.78, 5) is 13.6. The molecule has 1 atom stereocenters. The Kier molecular flexibility index (Phi) is 4.39. The number of aliphatic hydroxyl groups is 1. The number of amides is 1. The number of hydrogen-bond donors (Lipinski definition) is 2. The molecular formula is C14H20N2O3. The predicted molar refractivity (Wildman–Crippen MR) is 73.2 cm³/mol. The highest BCUT2D eigenvalue weighted by molar-refractivity contribution is 5.97. The van der Waals surface area contributed by atoms with Gasteiger partial charge in [0.05, 0.1) is 5.69 Å². The van der Waals surface area contributed by atoms with E-state index in [1.54, 1.807) is 4.90 Å². The molecule has 1 amide bonds. The van der Waals surface area contributed by atoms with Crippen LogP contribution in [0.15, 0.2) is 18.2 Å². The first kappa shape index (κ1) is 13.8. The predicted octanol–water partition coefficient (Wildman–Crippen LogP) is 1.20. The number of benzene rings is 1. The molecule has 0 radical (unpaired) electrons. The third-order valence-electron chi connectivity index (χ3n) is 3.33. The fraction of sp³-hybridized carbons (Fsp3) is 0.500. The minimum atomic E-state index is -0.0804. The highest BCUT2D eigenvalue weighted by Crippen LogP contribution is 2.34. The summed E-state index contributed by atoms with van der Waals surface area (Å²) in [7, 11) is 0. The molecule has 19 heavy (non-hydrogen) atoms. The number of ether oxygens (including phenoxy) is 1. The number of carbonyl (C=O) groups excluding carboxylic acids is 1. The number of nitrogens with zero attached hydrogens (tertiary/aromatic N) is 1. The Hall–Kier alpha value is -1.59. The Morgan fingerprint density at radius 1 is 1.53 bits per heavy atom. The van der Waals surface area contributed by atoms with Gasteiger partial charge in [-0.3, -0.25) is 4.79 Å². The molecule has 1 aliphatic heterocycles. The molecule has 0 fully saturated rings. The molecule has 1 aromatic carbocycles. The van der Waals surface area contributed by atoms with E-state index in [2.05, 4.69) is 0 Å². The zero-order valence-corrected chi connectivity index (χ0v) is 11.1. The van der Waals surface area contributed by atoms with Crippen LogP contribution in [0.4, 0.5) is 5.69 Å². The van der Waals surface area contributed by atoms with Gasteiger partial charge >= 0.3 is 0 Å². The highest BCUT2D eigenvalue weighted by Gasteiger charge is 2.25. The average Bonchev–Trinajstić information content (AvgIpc) is 2.45. The molecule has 3 N–H and O–H groups in total. The second kappa shape index (κ2) is 6.04. The van der Waals surface area contributed by atoms with Crippen LogP contribution < -0.4 is 15.4 Å². The molecule has 0 bridgehead atoms. The van der Waals surface area contributed by atoms with Crippen LogP contribution >= 0.6 is 0 Å². The van der Waals surface area contributed by atoms with Crippen LogP contribution in [0.3, 0.4) is 0 Å². The third-order valence-corrected chi connectivity index (χ3v) is 3.33. The van der Waals surface area contributed by atoms with Gasteiger partial charge in [-0.05, 0) is 30.5 Å². The van der Waals surface area contributed by atoms with E-state index in [0.29, 0.717) is 18.7 Å². The lowest BCUT2D eigenvalue weighted by atomic mass is 10.0. The summed E-state index contributed by atoms with van der Waals surface area (Å²) in [5, 5.41) is 8.92. The van der Waals surface area contributed by atoms with Gasteiger partial charge in [-0.25, -0.2) is 0 Å². The maximum atomic E-state index is 11.9. The van der Waals surface area contributed by atoms with Crippen molar-refractivity contribution in [3.05, 3.63) is 23.8 Å². The van der Waals surface area contributed by atoms with E-state index in [-0.39, 0.29) is 25.2 Å². The standard InChI is InChI=1S/C14H20N2O3/c1-2-11(15)10-4-5-13-12(8-10)16(6-3-7-17)14(18)9-19-13/h4-5,8,11,17H,2-3,6-7,9,15H2,1H3. The van der Waals surface area contributed by atoms with Crippen molar-refractivity contribution in [2.75, 3.05) is 24.7 Å². The Morgan fingerprint density at radius 2 is 2.32 bits per heavy atom. The summed E-state index contributed by atoms with van der Waals surface area (Å²) >= 11 is 0. The van der Waals surface area contributed by atoms with Crippen LogP contribution in [0.2, 0.25) is 0 Å². The zero-order valence-electron chi connectivity index (χ0n) is 11.1. The molecule has 0 saturated carbocycles. The van der Waals surface area contributed by atoms with Crippen molar-refractivity contribution < 1.29 is 14.6 Å². The number of aliphatic hydroxyl groups excluding tert-OH is 1. The first-order valence-electron chi connectivity index (χ1n) is 6.61. The molecule has 0 aromatic heterocycles. The van der Waals surface area contributed by atoms with Gasteiger partial charge in [0.15, 0.2) is 6.61 Å². The number of nitrogens with two attached hydrogens (primary N) is 1. The molecule has 1 aliphatic rings. The molecule has 1 heterocycles.